The van der Waals surface area contributed by atoms with Gasteiger partial charge in [-0.25, -0.2) is 4.98 Å². The van der Waals surface area contributed by atoms with Crippen LogP contribution in [0.2, 0.25) is 5.02 Å². The second-order valence-electron chi connectivity index (χ2n) is 4.02. The Labute approximate surface area is 130 Å². The van der Waals surface area contributed by atoms with Crippen LogP contribution in [0.15, 0.2) is 41.0 Å². The van der Waals surface area contributed by atoms with E-state index < -0.39 is 0 Å². The maximum absolute atomic E-state index is 12.1. The summed E-state index contributed by atoms with van der Waals surface area (Å²) in [6, 6.07) is 8.78. The normalized spacial score (nSPS) is 10.2. The van der Waals surface area contributed by atoms with Crippen molar-refractivity contribution in [3.05, 3.63) is 51.6 Å². The molecule has 4 nitrogen and oxygen atoms in total. The van der Waals surface area contributed by atoms with Gasteiger partial charge in [0, 0.05) is 12.7 Å². The van der Waals surface area contributed by atoms with Crippen molar-refractivity contribution in [2.24, 2.45) is 0 Å². The molecule has 0 aliphatic heterocycles. The van der Waals surface area contributed by atoms with Gasteiger partial charge in [-0.3, -0.25) is 4.79 Å². The zero-order valence-corrected chi connectivity index (χ0v) is 13.1. The van der Waals surface area contributed by atoms with Crippen LogP contribution < -0.4 is 10.6 Å². The number of benzene rings is 1. The molecule has 1 heterocycles. The molecule has 0 radical (unpaired) electrons. The first-order valence-electron chi connectivity index (χ1n) is 6.07. The van der Waals surface area contributed by atoms with Gasteiger partial charge in [0.2, 0.25) is 0 Å². The fourth-order valence-electron chi connectivity index (χ4n) is 1.61. The van der Waals surface area contributed by atoms with Crippen molar-refractivity contribution in [1.29, 1.82) is 0 Å². The molecular formula is C14H13BrClN3O. The topological polar surface area (TPSA) is 54.0 Å². The highest BCUT2D eigenvalue weighted by Gasteiger charge is 2.10. The Hall–Kier alpha value is -1.59. The monoisotopic (exact) mass is 353 g/mol. The third-order valence-corrected chi connectivity index (χ3v) is 3.98. The van der Waals surface area contributed by atoms with Gasteiger partial charge < -0.3 is 10.6 Å². The predicted molar refractivity (Wildman–Crippen MR) is 85.5 cm³/mol. The minimum absolute atomic E-state index is 0.233. The predicted octanol–water partition coefficient (Wildman–Crippen LogP) is 4.18. The first-order valence-corrected chi connectivity index (χ1v) is 7.24. The van der Waals surface area contributed by atoms with Crippen molar-refractivity contribution < 1.29 is 4.79 Å². The quantitative estimate of drug-likeness (QED) is 0.866. The van der Waals surface area contributed by atoms with Crippen LogP contribution in [0.25, 0.3) is 0 Å². The van der Waals surface area contributed by atoms with E-state index in [4.69, 9.17) is 11.6 Å². The van der Waals surface area contributed by atoms with Crippen molar-refractivity contribution >= 4 is 44.9 Å². The standard InChI is InChI=1S/C14H13BrClN3O/c1-2-17-12-7-6-9(8-18-12)14(20)19-11-5-3-4-10(16)13(11)15/h3-8H,2H2,1H3,(H,17,18)(H,19,20). The molecular weight excluding hydrogens is 342 g/mol. The third-order valence-electron chi connectivity index (χ3n) is 2.58. The smallest absolute Gasteiger partial charge is 0.257 e. The fourth-order valence-corrected chi connectivity index (χ4v) is 2.15. The molecule has 1 amide bonds. The van der Waals surface area contributed by atoms with Crippen LogP contribution in [-0.4, -0.2) is 17.4 Å². The highest BCUT2D eigenvalue weighted by molar-refractivity contribution is 9.10. The third kappa shape index (κ3) is 3.49. The molecule has 0 aliphatic carbocycles. The van der Waals surface area contributed by atoms with E-state index in [0.29, 0.717) is 20.7 Å². The van der Waals surface area contributed by atoms with Gasteiger partial charge in [-0.05, 0) is 47.1 Å². The SMILES string of the molecule is CCNc1ccc(C(=O)Nc2cccc(Cl)c2Br)cn1. The molecule has 20 heavy (non-hydrogen) atoms. The fraction of sp³-hybridized carbons (Fsp3) is 0.143. The number of carbonyl (C=O) groups is 1. The molecule has 2 N–H and O–H groups in total. The van der Waals surface area contributed by atoms with Crippen LogP contribution in [0.5, 0.6) is 0 Å². The van der Waals surface area contributed by atoms with Crippen molar-refractivity contribution in [2.45, 2.75) is 6.92 Å². The van der Waals surface area contributed by atoms with Gasteiger partial charge in [0.05, 0.1) is 20.7 Å². The molecule has 0 saturated heterocycles. The molecule has 1 aromatic carbocycles. The molecule has 2 aromatic rings. The highest BCUT2D eigenvalue weighted by Crippen LogP contribution is 2.30. The summed E-state index contributed by atoms with van der Waals surface area (Å²) in [6.07, 6.45) is 1.53. The van der Waals surface area contributed by atoms with Crippen LogP contribution in [0, 0.1) is 0 Å². The number of nitrogens with zero attached hydrogens (tertiary/aromatic N) is 1. The van der Waals surface area contributed by atoms with Gasteiger partial charge in [0.25, 0.3) is 5.91 Å². The van der Waals surface area contributed by atoms with Crippen LogP contribution in [0.1, 0.15) is 17.3 Å². The van der Waals surface area contributed by atoms with Gasteiger partial charge in [-0.15, -0.1) is 0 Å². The second kappa shape index (κ2) is 6.72. The molecule has 0 bridgehead atoms. The number of rotatable bonds is 4. The number of anilines is 2. The number of nitrogens with one attached hydrogen (secondary N) is 2. The van der Waals surface area contributed by atoms with Gasteiger partial charge in [0.1, 0.15) is 5.82 Å². The largest absolute Gasteiger partial charge is 0.370 e. The molecule has 0 fully saturated rings. The van der Waals surface area contributed by atoms with Gasteiger partial charge in [-0.2, -0.15) is 0 Å². The van der Waals surface area contributed by atoms with Crippen molar-refractivity contribution in [2.75, 3.05) is 17.2 Å². The molecule has 2 rings (SSSR count). The van der Waals surface area contributed by atoms with Gasteiger partial charge in [-0.1, -0.05) is 17.7 Å². The summed E-state index contributed by atoms with van der Waals surface area (Å²) in [6.45, 7) is 2.77. The highest BCUT2D eigenvalue weighted by atomic mass is 79.9. The van der Waals surface area contributed by atoms with E-state index in [-0.39, 0.29) is 5.91 Å². The molecule has 1 aromatic heterocycles. The molecule has 104 valence electrons. The summed E-state index contributed by atoms with van der Waals surface area (Å²) in [4.78, 5) is 16.3. The summed E-state index contributed by atoms with van der Waals surface area (Å²) in [5.74, 6) is 0.511. The lowest BCUT2D eigenvalue weighted by Gasteiger charge is -2.09. The Balaban J connectivity index is 2.13. The second-order valence-corrected chi connectivity index (χ2v) is 5.22. The number of pyridine rings is 1. The van der Waals surface area contributed by atoms with Crippen molar-refractivity contribution in [3.63, 3.8) is 0 Å². The lowest BCUT2D eigenvalue weighted by Crippen LogP contribution is -2.13. The Morgan fingerprint density at radius 2 is 2.15 bits per heavy atom. The molecule has 0 saturated carbocycles. The van der Waals surface area contributed by atoms with E-state index in [0.717, 1.165) is 12.4 Å². The minimum Gasteiger partial charge on any atom is -0.370 e. The molecule has 0 aliphatic rings. The van der Waals surface area contributed by atoms with Crippen LogP contribution in [0.4, 0.5) is 11.5 Å². The lowest BCUT2D eigenvalue weighted by molar-refractivity contribution is 0.102. The maximum atomic E-state index is 12.1. The summed E-state index contributed by atoms with van der Waals surface area (Å²) in [7, 11) is 0. The molecule has 6 heteroatoms. The van der Waals surface area contributed by atoms with E-state index in [1.807, 2.05) is 6.92 Å². The van der Waals surface area contributed by atoms with Crippen LogP contribution in [0.3, 0.4) is 0 Å². The Morgan fingerprint density at radius 1 is 1.35 bits per heavy atom. The van der Waals surface area contributed by atoms with E-state index >= 15 is 0 Å². The first-order chi connectivity index (χ1) is 9.61. The number of amides is 1. The van der Waals surface area contributed by atoms with Gasteiger partial charge in [0.15, 0.2) is 0 Å². The van der Waals surface area contributed by atoms with E-state index in [2.05, 4.69) is 31.5 Å². The minimum atomic E-state index is -0.233. The molecule has 0 spiro atoms. The average molecular weight is 355 g/mol. The number of hydrogen-bond acceptors (Lipinski definition) is 3. The van der Waals surface area contributed by atoms with Crippen LogP contribution in [-0.2, 0) is 0 Å². The zero-order valence-electron chi connectivity index (χ0n) is 10.8. The summed E-state index contributed by atoms with van der Waals surface area (Å²) >= 11 is 9.32. The lowest BCUT2D eigenvalue weighted by atomic mass is 10.2. The van der Waals surface area contributed by atoms with E-state index in [1.54, 1.807) is 30.3 Å². The van der Waals surface area contributed by atoms with Crippen molar-refractivity contribution in [3.8, 4) is 0 Å². The average Bonchev–Trinajstić information content (AvgIpc) is 2.45. The van der Waals surface area contributed by atoms with Gasteiger partial charge >= 0.3 is 0 Å². The number of hydrogen-bond donors (Lipinski definition) is 2. The summed E-state index contributed by atoms with van der Waals surface area (Å²) in [5, 5.41) is 6.41. The first kappa shape index (κ1) is 14.8. The number of halogens is 2. The van der Waals surface area contributed by atoms with E-state index in [1.165, 1.54) is 6.20 Å². The van der Waals surface area contributed by atoms with Crippen LogP contribution >= 0.6 is 27.5 Å². The Morgan fingerprint density at radius 3 is 2.80 bits per heavy atom. The molecule has 0 unspecified atom stereocenters. The maximum Gasteiger partial charge on any atom is 0.257 e. The number of carbonyl (C=O) groups excluding carboxylic acids is 1. The Bertz CT molecular complexity index is 616. The van der Waals surface area contributed by atoms with E-state index in [9.17, 15) is 4.79 Å². The summed E-state index contributed by atoms with van der Waals surface area (Å²) < 4.78 is 0.659. The van der Waals surface area contributed by atoms with Crippen molar-refractivity contribution in [1.82, 2.24) is 4.98 Å². The summed E-state index contributed by atoms with van der Waals surface area (Å²) in [5.41, 5.74) is 1.11. The number of aromatic nitrogens is 1. The Kier molecular flexibility index (Phi) is 4.98. The zero-order chi connectivity index (χ0) is 14.5. The molecule has 0 atom stereocenters.